The number of likely N-dealkylation sites (tertiary alicyclic amines) is 1. The zero-order chi connectivity index (χ0) is 18.0. The number of piperidine rings is 1. The third kappa shape index (κ3) is 5.28. The van der Waals surface area contributed by atoms with Crippen LogP contribution in [0.15, 0.2) is 18.2 Å². The maximum absolute atomic E-state index is 12.4. The van der Waals surface area contributed by atoms with Crippen molar-refractivity contribution in [1.29, 1.82) is 0 Å². The van der Waals surface area contributed by atoms with Crippen LogP contribution in [0.5, 0.6) is 5.75 Å². The van der Waals surface area contributed by atoms with E-state index in [0.29, 0.717) is 12.5 Å². The van der Waals surface area contributed by atoms with Crippen molar-refractivity contribution in [3.63, 3.8) is 0 Å². The molecule has 1 aromatic carbocycles. The smallest absolute Gasteiger partial charge is 0.410 e. The van der Waals surface area contributed by atoms with Crippen molar-refractivity contribution in [2.45, 2.75) is 58.0 Å². The summed E-state index contributed by atoms with van der Waals surface area (Å²) in [4.78, 5) is 14.2. The van der Waals surface area contributed by atoms with Crippen LogP contribution in [-0.2, 0) is 4.74 Å². The molecule has 3 rings (SSSR count). The van der Waals surface area contributed by atoms with Gasteiger partial charge in [-0.2, -0.15) is 0 Å². The zero-order valence-electron chi connectivity index (χ0n) is 15.6. The van der Waals surface area contributed by atoms with Crippen LogP contribution >= 0.6 is 0 Å². The molecule has 25 heavy (non-hydrogen) atoms. The van der Waals surface area contributed by atoms with E-state index < -0.39 is 5.60 Å². The third-order valence-corrected chi connectivity index (χ3v) is 4.68. The molecule has 138 valence electrons. The Hall–Kier alpha value is -1.91. The molecule has 1 amide bonds. The van der Waals surface area contributed by atoms with Crippen LogP contribution in [0.4, 0.5) is 10.5 Å². The Labute approximate surface area is 150 Å². The molecule has 1 aliphatic carbocycles. The highest BCUT2D eigenvalue weighted by Crippen LogP contribution is 2.33. The fourth-order valence-corrected chi connectivity index (χ4v) is 3.21. The highest BCUT2D eigenvalue weighted by Gasteiger charge is 2.29. The Bertz CT molecular complexity index is 620. The van der Waals surface area contributed by atoms with Gasteiger partial charge in [0.25, 0.3) is 0 Å². The minimum Gasteiger partial charge on any atom is -0.493 e. The summed E-state index contributed by atoms with van der Waals surface area (Å²) in [6.07, 6.45) is 4.32. The van der Waals surface area contributed by atoms with E-state index in [4.69, 9.17) is 15.2 Å². The average Bonchev–Trinajstić information content (AvgIpc) is 3.35. The van der Waals surface area contributed by atoms with E-state index >= 15 is 0 Å². The van der Waals surface area contributed by atoms with Gasteiger partial charge in [-0.1, -0.05) is 0 Å². The number of anilines is 1. The summed E-state index contributed by atoms with van der Waals surface area (Å²) in [5.41, 5.74) is 7.49. The fourth-order valence-electron chi connectivity index (χ4n) is 3.21. The molecule has 1 atom stereocenters. The van der Waals surface area contributed by atoms with Gasteiger partial charge in [0, 0.05) is 30.8 Å². The van der Waals surface area contributed by atoms with Gasteiger partial charge in [-0.3, -0.25) is 0 Å². The maximum Gasteiger partial charge on any atom is 0.410 e. The zero-order valence-corrected chi connectivity index (χ0v) is 15.6. The molecule has 1 aliphatic heterocycles. The number of carbonyl (C=O) groups excluding carboxylic acids is 1. The van der Waals surface area contributed by atoms with Crippen molar-refractivity contribution >= 4 is 11.8 Å². The molecule has 0 spiro atoms. The summed E-state index contributed by atoms with van der Waals surface area (Å²) in [5.74, 6) is 1.83. The molecule has 0 aromatic heterocycles. The Morgan fingerprint density at radius 2 is 2.00 bits per heavy atom. The van der Waals surface area contributed by atoms with Gasteiger partial charge in [-0.05, 0) is 70.1 Å². The first-order valence-electron chi connectivity index (χ1n) is 9.31. The molecule has 0 radical (unpaired) electrons. The molecule has 1 heterocycles. The highest BCUT2D eigenvalue weighted by atomic mass is 16.6. The first kappa shape index (κ1) is 17.9. The number of benzene rings is 1. The number of carbonyl (C=O) groups is 1. The van der Waals surface area contributed by atoms with E-state index in [1.54, 1.807) is 0 Å². The van der Waals surface area contributed by atoms with Gasteiger partial charge >= 0.3 is 6.09 Å². The largest absolute Gasteiger partial charge is 0.493 e. The van der Waals surface area contributed by atoms with Crippen LogP contribution in [0.25, 0.3) is 0 Å². The summed E-state index contributed by atoms with van der Waals surface area (Å²) in [5, 5.41) is 0. The molecule has 5 nitrogen and oxygen atoms in total. The van der Waals surface area contributed by atoms with Gasteiger partial charge in [0.15, 0.2) is 0 Å². The number of amides is 1. The van der Waals surface area contributed by atoms with Gasteiger partial charge in [0.1, 0.15) is 11.4 Å². The third-order valence-electron chi connectivity index (χ3n) is 4.68. The lowest BCUT2D eigenvalue weighted by Gasteiger charge is -2.34. The van der Waals surface area contributed by atoms with Crippen molar-refractivity contribution < 1.29 is 14.3 Å². The number of hydrogen-bond donors (Lipinski definition) is 1. The number of nitrogens with zero attached hydrogens (tertiary/aromatic N) is 1. The molecule has 5 heteroatoms. The first-order valence-corrected chi connectivity index (χ1v) is 9.31. The number of nitrogens with two attached hydrogens (primary N) is 1. The van der Waals surface area contributed by atoms with Crippen LogP contribution < -0.4 is 10.5 Å². The number of nitrogen functional groups attached to an aromatic ring is 1. The lowest BCUT2D eigenvalue weighted by atomic mass is 9.90. The highest BCUT2D eigenvalue weighted by molar-refractivity contribution is 5.68. The van der Waals surface area contributed by atoms with Crippen LogP contribution in [0, 0.1) is 5.92 Å². The Morgan fingerprint density at radius 3 is 2.68 bits per heavy atom. The topological polar surface area (TPSA) is 64.8 Å². The second kappa shape index (κ2) is 7.14. The molecule has 1 aromatic rings. The van der Waals surface area contributed by atoms with E-state index in [0.717, 1.165) is 43.0 Å². The first-order chi connectivity index (χ1) is 11.8. The van der Waals surface area contributed by atoms with Crippen LogP contribution in [0.1, 0.15) is 57.9 Å². The molecule has 1 saturated heterocycles. The predicted molar refractivity (Wildman–Crippen MR) is 98.9 cm³/mol. The molecule has 0 bridgehead atoms. The molecular formula is C20H30N2O3. The molecular weight excluding hydrogens is 316 g/mol. The van der Waals surface area contributed by atoms with Gasteiger partial charge in [0.2, 0.25) is 0 Å². The standard InChI is InChI=1S/C20H30N2O3/c1-20(2,3)25-19(23)22-8-4-5-15(12-22)16-9-17(21)11-18(10-16)24-13-14-6-7-14/h9-11,14-15H,4-8,12-13,21H2,1-3H3. The van der Waals surface area contributed by atoms with Gasteiger partial charge in [0.05, 0.1) is 6.61 Å². The molecule has 2 aliphatic rings. The summed E-state index contributed by atoms with van der Waals surface area (Å²) in [6, 6.07) is 5.98. The minimum atomic E-state index is -0.467. The van der Waals surface area contributed by atoms with Crippen molar-refractivity contribution in [3.05, 3.63) is 23.8 Å². The molecule has 2 N–H and O–H groups in total. The van der Waals surface area contributed by atoms with Crippen molar-refractivity contribution in [3.8, 4) is 5.75 Å². The monoisotopic (exact) mass is 346 g/mol. The van der Waals surface area contributed by atoms with Gasteiger partial charge < -0.3 is 20.1 Å². The number of rotatable bonds is 4. The minimum absolute atomic E-state index is 0.230. The van der Waals surface area contributed by atoms with Gasteiger partial charge in [-0.25, -0.2) is 4.79 Å². The number of ether oxygens (including phenoxy) is 2. The van der Waals surface area contributed by atoms with E-state index in [2.05, 4.69) is 6.07 Å². The molecule has 1 saturated carbocycles. The summed E-state index contributed by atoms with van der Waals surface area (Å²) in [6.45, 7) is 7.88. The molecule has 2 fully saturated rings. The van der Waals surface area contributed by atoms with E-state index in [1.165, 1.54) is 12.8 Å². The van der Waals surface area contributed by atoms with Crippen molar-refractivity contribution in [1.82, 2.24) is 4.90 Å². The van der Waals surface area contributed by atoms with Crippen LogP contribution in [0.3, 0.4) is 0 Å². The Kier molecular flexibility index (Phi) is 5.11. The summed E-state index contributed by atoms with van der Waals surface area (Å²) in [7, 11) is 0. The van der Waals surface area contributed by atoms with Crippen molar-refractivity contribution in [2.75, 3.05) is 25.4 Å². The lowest BCUT2D eigenvalue weighted by Crippen LogP contribution is -2.42. The normalized spacial score (nSPS) is 21.1. The van der Waals surface area contributed by atoms with E-state index in [9.17, 15) is 4.79 Å². The van der Waals surface area contributed by atoms with E-state index in [-0.39, 0.29) is 12.0 Å². The Morgan fingerprint density at radius 1 is 1.24 bits per heavy atom. The fraction of sp³-hybridized carbons (Fsp3) is 0.650. The second-order valence-electron chi connectivity index (χ2n) is 8.36. The lowest BCUT2D eigenvalue weighted by molar-refractivity contribution is 0.0198. The average molecular weight is 346 g/mol. The van der Waals surface area contributed by atoms with Crippen LogP contribution in [-0.4, -0.2) is 36.3 Å². The summed E-state index contributed by atoms with van der Waals surface area (Å²) >= 11 is 0. The quantitative estimate of drug-likeness (QED) is 0.831. The summed E-state index contributed by atoms with van der Waals surface area (Å²) < 4.78 is 11.4. The maximum atomic E-state index is 12.4. The SMILES string of the molecule is CC(C)(C)OC(=O)N1CCCC(c2cc(N)cc(OCC3CC3)c2)C1. The molecule has 1 unspecified atom stereocenters. The Balaban J connectivity index is 1.66. The number of hydrogen-bond acceptors (Lipinski definition) is 4. The van der Waals surface area contributed by atoms with Crippen LogP contribution in [0.2, 0.25) is 0 Å². The predicted octanol–water partition coefficient (Wildman–Crippen LogP) is 4.17. The second-order valence-corrected chi connectivity index (χ2v) is 8.36. The van der Waals surface area contributed by atoms with Gasteiger partial charge in [-0.15, -0.1) is 0 Å². The van der Waals surface area contributed by atoms with E-state index in [1.807, 2.05) is 37.8 Å². The van der Waals surface area contributed by atoms with Crippen molar-refractivity contribution in [2.24, 2.45) is 5.92 Å².